The molecule has 3 nitrogen and oxygen atoms in total. The zero-order valence-electron chi connectivity index (χ0n) is 10.6. The van der Waals surface area contributed by atoms with E-state index in [0.29, 0.717) is 31.6 Å². The van der Waals surface area contributed by atoms with E-state index in [1.165, 1.54) is 12.1 Å². The molecule has 1 atom stereocenters. The molecular weight excluding hydrogens is 238 g/mol. The van der Waals surface area contributed by atoms with E-state index < -0.39 is 11.6 Å². The van der Waals surface area contributed by atoms with Gasteiger partial charge in [0.15, 0.2) is 0 Å². The van der Waals surface area contributed by atoms with E-state index in [4.69, 9.17) is 10.6 Å². The van der Waals surface area contributed by atoms with E-state index in [1.807, 2.05) is 6.92 Å². The van der Waals surface area contributed by atoms with E-state index in [1.54, 1.807) is 0 Å². The minimum Gasteiger partial charge on any atom is -0.381 e. The van der Waals surface area contributed by atoms with Crippen LogP contribution in [0.3, 0.4) is 0 Å². The standard InChI is InChI=1S/C13H20F2N2O/c1-2-4-18-5-3-13(17-16)8-10-6-11(14)9-12(15)7-10/h6-7,9,13,17H,2-5,8,16H2,1H3. The van der Waals surface area contributed by atoms with Crippen LogP contribution in [0.15, 0.2) is 18.2 Å². The molecule has 0 spiro atoms. The van der Waals surface area contributed by atoms with E-state index in [9.17, 15) is 8.78 Å². The van der Waals surface area contributed by atoms with Gasteiger partial charge in [-0.3, -0.25) is 11.3 Å². The van der Waals surface area contributed by atoms with E-state index in [-0.39, 0.29) is 6.04 Å². The number of hydrogen-bond donors (Lipinski definition) is 2. The summed E-state index contributed by atoms with van der Waals surface area (Å²) in [5.74, 6) is 4.29. The van der Waals surface area contributed by atoms with E-state index >= 15 is 0 Å². The van der Waals surface area contributed by atoms with Gasteiger partial charge in [-0.1, -0.05) is 6.92 Å². The molecule has 0 aromatic heterocycles. The van der Waals surface area contributed by atoms with Gasteiger partial charge in [-0.2, -0.15) is 0 Å². The van der Waals surface area contributed by atoms with Crippen molar-refractivity contribution in [2.75, 3.05) is 13.2 Å². The lowest BCUT2D eigenvalue weighted by Crippen LogP contribution is -2.37. The van der Waals surface area contributed by atoms with Crippen molar-refractivity contribution in [3.8, 4) is 0 Å². The molecule has 1 rings (SSSR count). The summed E-state index contributed by atoms with van der Waals surface area (Å²) in [5.41, 5.74) is 3.23. The molecule has 1 aromatic rings. The topological polar surface area (TPSA) is 47.3 Å². The first-order chi connectivity index (χ1) is 8.65. The molecule has 0 fully saturated rings. The Morgan fingerprint density at radius 3 is 2.44 bits per heavy atom. The van der Waals surface area contributed by atoms with Gasteiger partial charge >= 0.3 is 0 Å². The summed E-state index contributed by atoms with van der Waals surface area (Å²) in [6.07, 6.45) is 2.14. The fourth-order valence-corrected chi connectivity index (χ4v) is 1.73. The van der Waals surface area contributed by atoms with Gasteiger partial charge in [0.25, 0.3) is 0 Å². The van der Waals surface area contributed by atoms with E-state index in [0.717, 1.165) is 12.5 Å². The molecule has 0 bridgehead atoms. The molecule has 1 aromatic carbocycles. The van der Waals surface area contributed by atoms with Crippen LogP contribution in [0.5, 0.6) is 0 Å². The van der Waals surface area contributed by atoms with Crippen LogP contribution in [0.1, 0.15) is 25.3 Å². The summed E-state index contributed by atoms with van der Waals surface area (Å²) in [7, 11) is 0. The molecule has 1 unspecified atom stereocenters. The molecule has 3 N–H and O–H groups in total. The van der Waals surface area contributed by atoms with Crippen molar-refractivity contribution in [1.82, 2.24) is 5.43 Å². The Morgan fingerprint density at radius 2 is 1.89 bits per heavy atom. The highest BCUT2D eigenvalue weighted by atomic mass is 19.1. The Bertz CT molecular complexity index is 341. The number of ether oxygens (including phenoxy) is 1. The number of nitrogens with one attached hydrogen (secondary N) is 1. The molecule has 0 amide bonds. The lowest BCUT2D eigenvalue weighted by atomic mass is 10.0. The average molecular weight is 258 g/mol. The van der Waals surface area contributed by atoms with Crippen LogP contribution in [0.2, 0.25) is 0 Å². The van der Waals surface area contributed by atoms with Gasteiger partial charge in [-0.15, -0.1) is 0 Å². The third kappa shape index (κ3) is 5.53. The van der Waals surface area contributed by atoms with Crippen molar-refractivity contribution in [3.05, 3.63) is 35.4 Å². The van der Waals surface area contributed by atoms with Gasteiger partial charge in [-0.05, 0) is 37.0 Å². The Morgan fingerprint density at radius 1 is 1.22 bits per heavy atom. The Labute approximate surface area is 106 Å². The second-order valence-electron chi connectivity index (χ2n) is 4.25. The first-order valence-corrected chi connectivity index (χ1v) is 6.14. The summed E-state index contributed by atoms with van der Waals surface area (Å²) in [5, 5.41) is 0. The minimum atomic E-state index is -0.567. The van der Waals surface area contributed by atoms with Crippen molar-refractivity contribution in [3.63, 3.8) is 0 Å². The van der Waals surface area contributed by atoms with Crippen LogP contribution in [0.4, 0.5) is 8.78 Å². The third-order valence-electron chi connectivity index (χ3n) is 2.60. The Hall–Kier alpha value is -1.04. The second kappa shape index (κ2) is 8.13. The lowest BCUT2D eigenvalue weighted by molar-refractivity contribution is 0.124. The SMILES string of the molecule is CCCOCCC(Cc1cc(F)cc(F)c1)NN. The average Bonchev–Trinajstić information content (AvgIpc) is 2.32. The number of benzene rings is 1. The lowest BCUT2D eigenvalue weighted by Gasteiger charge is -2.16. The highest BCUT2D eigenvalue weighted by molar-refractivity contribution is 5.18. The Kier molecular flexibility index (Phi) is 6.78. The molecule has 0 heterocycles. The molecule has 0 saturated carbocycles. The minimum absolute atomic E-state index is 0.0527. The van der Waals surface area contributed by atoms with E-state index in [2.05, 4.69) is 5.43 Å². The molecule has 102 valence electrons. The maximum absolute atomic E-state index is 13.0. The number of halogens is 2. The molecule has 0 radical (unpaired) electrons. The third-order valence-corrected chi connectivity index (χ3v) is 2.60. The zero-order chi connectivity index (χ0) is 13.4. The van der Waals surface area contributed by atoms with Gasteiger partial charge < -0.3 is 4.74 Å². The van der Waals surface area contributed by atoms with Crippen molar-refractivity contribution in [1.29, 1.82) is 0 Å². The quantitative estimate of drug-likeness (QED) is 0.427. The summed E-state index contributed by atoms with van der Waals surface area (Å²) >= 11 is 0. The molecular formula is C13H20F2N2O. The molecule has 18 heavy (non-hydrogen) atoms. The van der Waals surface area contributed by atoms with Crippen molar-refractivity contribution >= 4 is 0 Å². The summed E-state index contributed by atoms with van der Waals surface area (Å²) in [6.45, 7) is 3.33. The van der Waals surface area contributed by atoms with Crippen LogP contribution in [0, 0.1) is 11.6 Å². The summed E-state index contributed by atoms with van der Waals surface area (Å²) < 4.78 is 31.4. The van der Waals surface area contributed by atoms with Gasteiger partial charge in [0.1, 0.15) is 11.6 Å². The maximum atomic E-state index is 13.0. The van der Waals surface area contributed by atoms with Gasteiger partial charge in [0, 0.05) is 25.3 Å². The fraction of sp³-hybridized carbons (Fsp3) is 0.538. The summed E-state index contributed by atoms with van der Waals surface area (Å²) in [4.78, 5) is 0. The number of nitrogens with two attached hydrogens (primary N) is 1. The maximum Gasteiger partial charge on any atom is 0.126 e. The normalized spacial score (nSPS) is 12.7. The van der Waals surface area contributed by atoms with Gasteiger partial charge in [0.2, 0.25) is 0 Å². The van der Waals surface area contributed by atoms with Crippen molar-refractivity contribution in [2.24, 2.45) is 5.84 Å². The second-order valence-corrected chi connectivity index (χ2v) is 4.25. The number of hydrogen-bond acceptors (Lipinski definition) is 3. The van der Waals surface area contributed by atoms with Crippen molar-refractivity contribution in [2.45, 2.75) is 32.2 Å². The molecule has 0 aliphatic rings. The Balaban J connectivity index is 2.46. The van der Waals surface area contributed by atoms with Crippen LogP contribution >= 0.6 is 0 Å². The van der Waals surface area contributed by atoms with Crippen molar-refractivity contribution < 1.29 is 13.5 Å². The van der Waals surface area contributed by atoms with Crippen LogP contribution < -0.4 is 11.3 Å². The highest BCUT2D eigenvalue weighted by Gasteiger charge is 2.09. The largest absolute Gasteiger partial charge is 0.381 e. The molecule has 5 heteroatoms. The number of hydrazine groups is 1. The monoisotopic (exact) mass is 258 g/mol. The molecule has 0 saturated heterocycles. The first-order valence-electron chi connectivity index (χ1n) is 6.14. The van der Waals surface area contributed by atoms with Gasteiger partial charge in [0.05, 0.1) is 0 Å². The summed E-state index contributed by atoms with van der Waals surface area (Å²) in [6, 6.07) is 3.45. The smallest absolute Gasteiger partial charge is 0.126 e. The zero-order valence-corrected chi connectivity index (χ0v) is 10.6. The van der Waals surface area contributed by atoms with Crippen LogP contribution in [-0.2, 0) is 11.2 Å². The first kappa shape index (κ1) is 15.0. The predicted molar refractivity (Wildman–Crippen MR) is 66.9 cm³/mol. The molecule has 0 aliphatic heterocycles. The van der Waals surface area contributed by atoms with Gasteiger partial charge in [-0.25, -0.2) is 8.78 Å². The fourth-order valence-electron chi connectivity index (χ4n) is 1.73. The van der Waals surface area contributed by atoms with Crippen LogP contribution in [-0.4, -0.2) is 19.3 Å². The highest BCUT2D eigenvalue weighted by Crippen LogP contribution is 2.11. The van der Waals surface area contributed by atoms with Crippen LogP contribution in [0.25, 0.3) is 0 Å². The predicted octanol–water partition coefficient (Wildman–Crippen LogP) is 2.16. The molecule has 0 aliphatic carbocycles. The number of rotatable bonds is 8.